The van der Waals surface area contributed by atoms with Crippen LogP contribution in [0.15, 0.2) is 23.1 Å². The van der Waals surface area contributed by atoms with Crippen LogP contribution in [0.25, 0.3) is 5.65 Å². The summed E-state index contributed by atoms with van der Waals surface area (Å²) in [4.78, 5) is 38.9. The van der Waals surface area contributed by atoms with Gasteiger partial charge in [-0.15, -0.1) is 0 Å². The zero-order valence-electron chi connectivity index (χ0n) is 15.5. The fourth-order valence-corrected chi connectivity index (χ4v) is 4.33. The van der Waals surface area contributed by atoms with Crippen molar-refractivity contribution in [2.24, 2.45) is 5.41 Å². The monoisotopic (exact) mass is 371 g/mol. The van der Waals surface area contributed by atoms with Crippen molar-refractivity contribution >= 4 is 17.5 Å². The van der Waals surface area contributed by atoms with Gasteiger partial charge in [-0.25, -0.2) is 9.89 Å². The van der Waals surface area contributed by atoms with E-state index in [0.717, 1.165) is 38.5 Å². The summed E-state index contributed by atoms with van der Waals surface area (Å²) >= 11 is 0. The maximum absolute atomic E-state index is 13.0. The molecule has 2 N–H and O–H groups in total. The topological polar surface area (TPSA) is 99.6 Å². The molecule has 1 saturated heterocycles. The number of nitrogens with zero attached hydrogens (tertiary/aromatic N) is 3. The molecule has 2 fully saturated rings. The number of nitrogens with one attached hydrogen (secondary N) is 2. The molecule has 27 heavy (non-hydrogen) atoms. The highest BCUT2D eigenvalue weighted by Gasteiger charge is 2.37. The van der Waals surface area contributed by atoms with E-state index in [1.54, 1.807) is 18.3 Å². The number of fused-ring (bicyclic) bond motifs is 1. The Bertz CT molecular complexity index is 925. The number of likely N-dealkylation sites (tertiary alicyclic amines) is 1. The van der Waals surface area contributed by atoms with E-state index in [1.807, 2.05) is 11.8 Å². The second-order valence-corrected chi connectivity index (χ2v) is 7.94. The number of rotatable bonds is 4. The molecule has 8 nitrogen and oxygen atoms in total. The summed E-state index contributed by atoms with van der Waals surface area (Å²) in [7, 11) is 0. The van der Waals surface area contributed by atoms with Gasteiger partial charge in [0.05, 0.1) is 0 Å². The Hall–Kier alpha value is -2.64. The van der Waals surface area contributed by atoms with Crippen molar-refractivity contribution in [3.63, 3.8) is 0 Å². The lowest BCUT2D eigenvalue weighted by Crippen LogP contribution is -2.46. The molecule has 0 spiro atoms. The predicted octanol–water partition coefficient (Wildman–Crippen LogP) is 1.32. The highest BCUT2D eigenvalue weighted by Crippen LogP contribution is 2.37. The standard InChI is InChI=1S/C19H25N5O3/c1-19(7-2-3-8-19)17(26)20-12-14-5-4-9-23(14)16(25)13-6-10-24-15(11-13)21-22-18(24)27/h6,10-11,14H,2-5,7-9,12H2,1H3,(H,20,26)(H,22,27)/t14-/m0/s1. The van der Waals surface area contributed by atoms with Gasteiger partial charge in [0, 0.05) is 36.3 Å². The molecule has 0 unspecified atom stereocenters. The fourth-order valence-electron chi connectivity index (χ4n) is 4.33. The van der Waals surface area contributed by atoms with Crippen LogP contribution >= 0.6 is 0 Å². The first kappa shape index (κ1) is 17.8. The molecule has 0 aromatic carbocycles. The summed E-state index contributed by atoms with van der Waals surface area (Å²) in [5, 5.41) is 9.37. The van der Waals surface area contributed by atoms with Crippen LogP contribution < -0.4 is 11.0 Å². The third kappa shape index (κ3) is 3.24. The molecule has 1 saturated carbocycles. The van der Waals surface area contributed by atoms with Crippen LogP contribution in [0.3, 0.4) is 0 Å². The van der Waals surface area contributed by atoms with Crippen LogP contribution in [0.1, 0.15) is 55.8 Å². The number of hydrogen-bond acceptors (Lipinski definition) is 4. The Morgan fingerprint density at radius 3 is 2.89 bits per heavy atom. The molecule has 2 aromatic rings. The Kier molecular flexibility index (Phi) is 4.49. The van der Waals surface area contributed by atoms with Crippen LogP contribution in [-0.4, -0.2) is 50.4 Å². The number of amides is 2. The van der Waals surface area contributed by atoms with E-state index in [4.69, 9.17) is 0 Å². The predicted molar refractivity (Wildman–Crippen MR) is 99.5 cm³/mol. The average molecular weight is 371 g/mol. The smallest absolute Gasteiger partial charge is 0.347 e. The molecular weight excluding hydrogens is 346 g/mol. The summed E-state index contributed by atoms with van der Waals surface area (Å²) in [5.41, 5.74) is 0.337. The maximum atomic E-state index is 13.0. The molecule has 2 aromatic heterocycles. The average Bonchev–Trinajstić information content (AvgIpc) is 3.40. The molecule has 1 aliphatic carbocycles. The Morgan fingerprint density at radius 1 is 1.33 bits per heavy atom. The lowest BCUT2D eigenvalue weighted by Gasteiger charge is -2.28. The van der Waals surface area contributed by atoms with Crippen molar-refractivity contribution in [1.29, 1.82) is 0 Å². The van der Waals surface area contributed by atoms with Gasteiger partial charge < -0.3 is 10.2 Å². The molecule has 0 radical (unpaired) electrons. The third-order valence-electron chi connectivity index (χ3n) is 6.06. The van der Waals surface area contributed by atoms with Crippen LogP contribution in [0.2, 0.25) is 0 Å². The molecule has 3 heterocycles. The number of H-pyrrole nitrogens is 1. The summed E-state index contributed by atoms with van der Waals surface area (Å²) in [6, 6.07) is 3.26. The number of pyridine rings is 1. The van der Waals surface area contributed by atoms with E-state index in [2.05, 4.69) is 15.5 Å². The highest BCUT2D eigenvalue weighted by atomic mass is 16.2. The zero-order chi connectivity index (χ0) is 19.0. The van der Waals surface area contributed by atoms with E-state index in [1.165, 1.54) is 4.40 Å². The lowest BCUT2D eigenvalue weighted by atomic mass is 9.88. The first-order valence-electron chi connectivity index (χ1n) is 9.64. The van der Waals surface area contributed by atoms with Gasteiger partial charge in [-0.05, 0) is 37.8 Å². The van der Waals surface area contributed by atoms with Crippen molar-refractivity contribution in [2.45, 2.75) is 51.5 Å². The normalized spacial score (nSPS) is 21.7. The van der Waals surface area contributed by atoms with Crippen LogP contribution in [0.4, 0.5) is 0 Å². The van der Waals surface area contributed by atoms with Gasteiger partial charge in [-0.3, -0.25) is 14.0 Å². The van der Waals surface area contributed by atoms with E-state index in [-0.39, 0.29) is 29.0 Å². The number of aromatic amines is 1. The highest BCUT2D eigenvalue weighted by molar-refractivity contribution is 5.95. The quantitative estimate of drug-likeness (QED) is 0.847. The van der Waals surface area contributed by atoms with Crippen molar-refractivity contribution < 1.29 is 9.59 Å². The third-order valence-corrected chi connectivity index (χ3v) is 6.06. The lowest BCUT2D eigenvalue weighted by molar-refractivity contribution is -0.130. The van der Waals surface area contributed by atoms with Gasteiger partial charge in [-0.1, -0.05) is 19.8 Å². The van der Waals surface area contributed by atoms with Gasteiger partial charge >= 0.3 is 5.69 Å². The van der Waals surface area contributed by atoms with E-state index < -0.39 is 0 Å². The molecule has 1 aliphatic heterocycles. The summed E-state index contributed by atoms with van der Waals surface area (Å²) in [5.74, 6) is 0.0217. The Morgan fingerprint density at radius 2 is 2.11 bits per heavy atom. The SMILES string of the molecule is CC1(C(=O)NC[C@@H]2CCCN2C(=O)c2ccn3c(=O)[nH]nc3c2)CCCC1. The summed E-state index contributed by atoms with van der Waals surface area (Å²) in [6.07, 6.45) is 7.46. The van der Waals surface area contributed by atoms with Crippen LogP contribution in [-0.2, 0) is 4.79 Å². The fraction of sp³-hybridized carbons (Fsp3) is 0.579. The van der Waals surface area contributed by atoms with Crippen molar-refractivity contribution in [3.8, 4) is 0 Å². The van der Waals surface area contributed by atoms with Crippen molar-refractivity contribution in [2.75, 3.05) is 13.1 Å². The van der Waals surface area contributed by atoms with Gasteiger partial charge in [0.15, 0.2) is 5.65 Å². The van der Waals surface area contributed by atoms with Gasteiger partial charge in [-0.2, -0.15) is 5.10 Å². The van der Waals surface area contributed by atoms with Gasteiger partial charge in [0.1, 0.15) is 0 Å². The van der Waals surface area contributed by atoms with Crippen LogP contribution in [0.5, 0.6) is 0 Å². The molecule has 8 heteroatoms. The number of hydrogen-bond donors (Lipinski definition) is 2. The largest absolute Gasteiger partial charge is 0.354 e. The minimum atomic E-state index is -0.328. The summed E-state index contributed by atoms with van der Waals surface area (Å²) in [6.45, 7) is 3.20. The van der Waals surface area contributed by atoms with Crippen molar-refractivity contribution in [3.05, 3.63) is 34.4 Å². The van der Waals surface area contributed by atoms with Crippen LogP contribution in [0, 0.1) is 5.41 Å². The first-order chi connectivity index (χ1) is 13.0. The van der Waals surface area contributed by atoms with Gasteiger partial charge in [0.25, 0.3) is 5.91 Å². The first-order valence-corrected chi connectivity index (χ1v) is 9.64. The second-order valence-electron chi connectivity index (χ2n) is 7.94. The van der Waals surface area contributed by atoms with E-state index in [9.17, 15) is 14.4 Å². The van der Waals surface area contributed by atoms with Gasteiger partial charge in [0.2, 0.25) is 5.91 Å². The molecule has 2 amide bonds. The Labute approximate surface area is 156 Å². The Balaban J connectivity index is 1.44. The molecule has 0 bridgehead atoms. The number of carbonyl (C=O) groups excluding carboxylic acids is 2. The number of carbonyl (C=O) groups is 2. The molecule has 4 rings (SSSR count). The summed E-state index contributed by atoms with van der Waals surface area (Å²) < 4.78 is 1.36. The maximum Gasteiger partial charge on any atom is 0.347 e. The minimum Gasteiger partial charge on any atom is -0.354 e. The molecular formula is C19H25N5O3. The number of aromatic nitrogens is 3. The zero-order valence-corrected chi connectivity index (χ0v) is 15.5. The van der Waals surface area contributed by atoms with E-state index >= 15 is 0 Å². The molecule has 144 valence electrons. The minimum absolute atomic E-state index is 0.00376. The molecule has 1 atom stereocenters. The van der Waals surface area contributed by atoms with E-state index in [0.29, 0.717) is 24.3 Å². The van der Waals surface area contributed by atoms with Crippen molar-refractivity contribution in [1.82, 2.24) is 24.8 Å². The molecule has 2 aliphatic rings. The second kappa shape index (κ2) is 6.83.